The molecule has 0 bridgehead atoms. The van der Waals surface area contributed by atoms with E-state index in [0.717, 1.165) is 18.8 Å². The number of hydrogen-bond donors (Lipinski definition) is 0. The van der Waals surface area contributed by atoms with Gasteiger partial charge in [-0.15, -0.1) is 13.2 Å². The van der Waals surface area contributed by atoms with E-state index in [-0.39, 0.29) is 17.7 Å². The van der Waals surface area contributed by atoms with Crippen molar-refractivity contribution in [3.8, 4) is 16.9 Å². The quantitative estimate of drug-likeness (QED) is 0.193. The summed E-state index contributed by atoms with van der Waals surface area (Å²) in [4.78, 5) is 0. The van der Waals surface area contributed by atoms with Crippen molar-refractivity contribution in [2.45, 2.75) is 103 Å². The zero-order chi connectivity index (χ0) is 30.7. The van der Waals surface area contributed by atoms with Gasteiger partial charge >= 0.3 is 6.36 Å². The van der Waals surface area contributed by atoms with Gasteiger partial charge in [0.05, 0.1) is 5.56 Å². The summed E-state index contributed by atoms with van der Waals surface area (Å²) in [6.45, 7) is 2.20. The molecule has 0 atom stereocenters. The van der Waals surface area contributed by atoms with Crippen LogP contribution in [0.1, 0.15) is 89.5 Å². The maximum Gasteiger partial charge on any atom is 0.573 e. The first kappa shape index (κ1) is 32.5. The zero-order valence-electron chi connectivity index (χ0n) is 23.6. The topological polar surface area (TPSA) is 9.23 Å². The monoisotopic (exact) mass is 608 g/mol. The molecule has 2 saturated carbocycles. The fourth-order valence-corrected chi connectivity index (χ4v) is 6.98. The summed E-state index contributed by atoms with van der Waals surface area (Å²) in [5, 5.41) is 0. The Hall–Kier alpha value is -2.39. The largest absolute Gasteiger partial charge is 0.573 e. The lowest BCUT2D eigenvalue weighted by molar-refractivity contribution is -0.276. The van der Waals surface area contributed by atoms with Crippen molar-refractivity contribution in [1.82, 2.24) is 0 Å². The Morgan fingerprint density at radius 3 is 1.71 bits per heavy atom. The third-order valence-electron chi connectivity index (χ3n) is 9.19. The predicted molar refractivity (Wildman–Crippen MR) is 142 cm³/mol. The first-order valence-electron chi connectivity index (χ1n) is 14.9. The van der Waals surface area contributed by atoms with Gasteiger partial charge in [0.2, 0.25) is 5.75 Å². The zero-order valence-corrected chi connectivity index (χ0v) is 23.6. The molecule has 0 aliphatic heterocycles. The lowest BCUT2D eigenvalue weighted by Gasteiger charge is -2.39. The number of halogens is 9. The third-order valence-corrected chi connectivity index (χ3v) is 9.19. The van der Waals surface area contributed by atoms with Crippen LogP contribution >= 0.6 is 0 Å². The normalized spacial score (nSPS) is 23.7. The molecule has 2 aliphatic rings. The Morgan fingerprint density at radius 2 is 1.21 bits per heavy atom. The summed E-state index contributed by atoms with van der Waals surface area (Å²) in [6.07, 6.45) is 5.54. The van der Waals surface area contributed by atoms with Gasteiger partial charge in [-0.3, -0.25) is 0 Å². The van der Waals surface area contributed by atoms with Gasteiger partial charge in [-0.05, 0) is 91.7 Å². The number of ether oxygens (including phenoxy) is 1. The highest BCUT2D eigenvalue weighted by atomic mass is 19.4. The van der Waals surface area contributed by atoms with E-state index in [0.29, 0.717) is 49.7 Å². The summed E-state index contributed by atoms with van der Waals surface area (Å²) in [7, 11) is 0. The van der Waals surface area contributed by atoms with Crippen LogP contribution in [0.15, 0.2) is 24.3 Å². The molecule has 10 heteroatoms. The first-order valence-corrected chi connectivity index (χ1v) is 14.9. The van der Waals surface area contributed by atoms with Crippen LogP contribution in [0, 0.1) is 46.9 Å². The summed E-state index contributed by atoms with van der Waals surface area (Å²) in [5.74, 6) is -10.5. The SMILES string of the molecule is CCCCCC1CCC(C2CCC(C(F)(F)Cc3cc(F)c(-c4cc(F)c(OC(F)(F)F)c(F)c4)c(F)c3)CC2)CC1. The molecule has 0 radical (unpaired) electrons. The van der Waals surface area contributed by atoms with Gasteiger partial charge in [-0.2, -0.15) is 0 Å². The number of unbranched alkanes of at least 4 members (excludes halogenated alkanes) is 2. The Balaban J connectivity index is 1.37. The molecule has 2 aromatic carbocycles. The number of benzene rings is 2. The van der Waals surface area contributed by atoms with Crippen LogP contribution in [0.4, 0.5) is 39.5 Å². The highest BCUT2D eigenvalue weighted by molar-refractivity contribution is 5.66. The highest BCUT2D eigenvalue weighted by Gasteiger charge is 2.43. The van der Waals surface area contributed by atoms with Crippen molar-refractivity contribution in [1.29, 1.82) is 0 Å². The molecular formula is C32H37F9O. The molecule has 4 rings (SSSR count). The fourth-order valence-electron chi connectivity index (χ4n) is 6.98. The average molecular weight is 609 g/mol. The van der Waals surface area contributed by atoms with Gasteiger partial charge in [-0.1, -0.05) is 45.4 Å². The van der Waals surface area contributed by atoms with Gasteiger partial charge in [0.25, 0.3) is 5.92 Å². The second-order valence-electron chi connectivity index (χ2n) is 12.1. The van der Waals surface area contributed by atoms with Gasteiger partial charge in [0.1, 0.15) is 11.6 Å². The minimum absolute atomic E-state index is 0.289. The van der Waals surface area contributed by atoms with Gasteiger partial charge in [0, 0.05) is 12.3 Å². The second-order valence-corrected chi connectivity index (χ2v) is 12.1. The van der Waals surface area contributed by atoms with Crippen molar-refractivity contribution < 1.29 is 44.3 Å². The molecule has 0 N–H and O–H groups in total. The van der Waals surface area contributed by atoms with E-state index in [1.807, 2.05) is 0 Å². The second kappa shape index (κ2) is 13.5. The van der Waals surface area contributed by atoms with E-state index in [1.54, 1.807) is 0 Å². The first-order chi connectivity index (χ1) is 19.8. The Kier molecular flexibility index (Phi) is 10.5. The maximum absolute atomic E-state index is 15.3. The van der Waals surface area contributed by atoms with Crippen LogP contribution in [0.5, 0.6) is 5.75 Å². The van der Waals surface area contributed by atoms with Crippen molar-refractivity contribution in [2.75, 3.05) is 0 Å². The van der Waals surface area contributed by atoms with Crippen molar-refractivity contribution in [2.24, 2.45) is 23.7 Å². The molecule has 2 fully saturated rings. The molecule has 0 aromatic heterocycles. The van der Waals surface area contributed by atoms with E-state index in [9.17, 15) is 30.7 Å². The van der Waals surface area contributed by atoms with Crippen LogP contribution in [0.25, 0.3) is 11.1 Å². The minimum Gasteiger partial charge on any atom is -0.399 e. The molecule has 234 valence electrons. The molecule has 2 aromatic rings. The third kappa shape index (κ3) is 8.16. The van der Waals surface area contributed by atoms with Crippen molar-refractivity contribution >= 4 is 0 Å². The Bertz CT molecular complexity index is 1150. The van der Waals surface area contributed by atoms with Crippen LogP contribution in [-0.4, -0.2) is 12.3 Å². The van der Waals surface area contributed by atoms with Gasteiger partial charge in [0.15, 0.2) is 11.6 Å². The summed E-state index contributed by atoms with van der Waals surface area (Å²) < 4.78 is 129. The standard InChI is InChI=1S/C32H37F9O/c1-2-3-4-5-19-6-8-21(9-7-19)22-10-12-24(13-11-22)31(37,38)18-20-14-25(33)29(26(34)15-20)23-16-27(35)30(28(36)17-23)42-32(39,40)41/h14-17,19,21-22,24H,2-13,18H2,1H3. The van der Waals surface area contributed by atoms with Gasteiger partial charge in [-0.25, -0.2) is 26.3 Å². The maximum atomic E-state index is 15.3. The van der Waals surface area contributed by atoms with Crippen LogP contribution in [0.2, 0.25) is 0 Å². The molecule has 1 nitrogen and oxygen atoms in total. The van der Waals surface area contributed by atoms with E-state index in [2.05, 4.69) is 11.7 Å². The van der Waals surface area contributed by atoms with E-state index < -0.39 is 64.8 Å². The molecule has 2 aliphatic carbocycles. The van der Waals surface area contributed by atoms with E-state index in [1.165, 1.54) is 38.5 Å². The smallest absolute Gasteiger partial charge is 0.399 e. The molecule has 0 spiro atoms. The molecule has 0 heterocycles. The lowest BCUT2D eigenvalue weighted by Crippen LogP contribution is -2.35. The summed E-state index contributed by atoms with van der Waals surface area (Å²) in [5.41, 5.74) is -2.00. The van der Waals surface area contributed by atoms with E-state index >= 15 is 8.78 Å². The average Bonchev–Trinajstić information content (AvgIpc) is 2.90. The lowest BCUT2D eigenvalue weighted by atomic mass is 9.67. The fraction of sp³-hybridized carbons (Fsp3) is 0.625. The minimum atomic E-state index is -5.39. The Labute approximate surface area is 240 Å². The van der Waals surface area contributed by atoms with Crippen LogP contribution in [-0.2, 0) is 6.42 Å². The molecule has 42 heavy (non-hydrogen) atoms. The summed E-state index contributed by atoms with van der Waals surface area (Å²) >= 11 is 0. The molecular weight excluding hydrogens is 571 g/mol. The Morgan fingerprint density at radius 1 is 0.690 bits per heavy atom. The molecule has 0 amide bonds. The van der Waals surface area contributed by atoms with Crippen molar-refractivity contribution in [3.63, 3.8) is 0 Å². The van der Waals surface area contributed by atoms with Crippen LogP contribution < -0.4 is 4.74 Å². The number of hydrogen-bond acceptors (Lipinski definition) is 1. The molecule has 0 saturated heterocycles. The number of rotatable bonds is 10. The van der Waals surface area contributed by atoms with E-state index in [4.69, 9.17) is 0 Å². The van der Waals surface area contributed by atoms with Gasteiger partial charge < -0.3 is 4.74 Å². The molecule has 0 unspecified atom stereocenters. The highest BCUT2D eigenvalue weighted by Crippen LogP contribution is 2.46. The van der Waals surface area contributed by atoms with Crippen molar-refractivity contribution in [3.05, 3.63) is 53.1 Å². The predicted octanol–water partition coefficient (Wildman–Crippen LogP) is 11.2. The summed E-state index contributed by atoms with van der Waals surface area (Å²) in [6, 6.07) is 1.92. The number of alkyl halides is 5. The van der Waals surface area contributed by atoms with Crippen LogP contribution in [0.3, 0.4) is 0 Å².